The molecule has 25 heavy (non-hydrogen) atoms. The van der Waals surface area contributed by atoms with Gasteiger partial charge in [-0.05, 0) is 5.56 Å². The van der Waals surface area contributed by atoms with Crippen LogP contribution in [0.2, 0.25) is 0 Å². The van der Waals surface area contributed by atoms with Gasteiger partial charge in [-0.25, -0.2) is 0 Å². The lowest BCUT2D eigenvalue weighted by Gasteiger charge is -2.32. The van der Waals surface area contributed by atoms with Gasteiger partial charge in [-0.1, -0.05) is 30.3 Å². The summed E-state index contributed by atoms with van der Waals surface area (Å²) in [4.78, 5) is 14.6. The van der Waals surface area contributed by atoms with Crippen molar-refractivity contribution >= 4 is 11.7 Å². The predicted molar refractivity (Wildman–Crippen MR) is 92.5 cm³/mol. The molecule has 1 aliphatic heterocycles. The molecule has 1 N–H and O–H groups in total. The van der Waals surface area contributed by atoms with Crippen LogP contribution in [-0.2, 0) is 22.6 Å². The second kappa shape index (κ2) is 8.42. The van der Waals surface area contributed by atoms with Crippen molar-refractivity contribution in [3.05, 3.63) is 48.2 Å². The number of anilines is 1. The number of nitriles is 1. The second-order valence-electron chi connectivity index (χ2n) is 5.94. The first kappa shape index (κ1) is 17.1. The van der Waals surface area contributed by atoms with E-state index in [2.05, 4.69) is 33.5 Å². The minimum Gasteiger partial charge on any atom is -0.366 e. The van der Waals surface area contributed by atoms with E-state index >= 15 is 0 Å². The fraction of sp³-hybridized carbons (Fsp3) is 0.389. The maximum atomic E-state index is 12.4. The van der Waals surface area contributed by atoms with E-state index in [4.69, 9.17) is 10.00 Å². The molecule has 0 aliphatic carbocycles. The third-order valence-corrected chi connectivity index (χ3v) is 4.04. The van der Waals surface area contributed by atoms with Crippen LogP contribution in [0.5, 0.6) is 0 Å². The molecule has 2 heterocycles. The standard InChI is InChI=1S/C18H21N5O2/c19-8-4-9-23-10-7-17(21-23)20-18(24)16-14-22(11-12-25-16)13-15-5-2-1-3-6-15/h1-3,5-7,10,16H,4,9,11-14H2,(H,20,21,24). The number of nitrogens with zero attached hydrogens (tertiary/aromatic N) is 4. The van der Waals surface area contributed by atoms with Crippen LogP contribution in [0.15, 0.2) is 42.6 Å². The summed E-state index contributed by atoms with van der Waals surface area (Å²) in [5.74, 6) is 0.287. The van der Waals surface area contributed by atoms with Crippen LogP contribution in [0, 0.1) is 11.3 Å². The number of hydrogen-bond acceptors (Lipinski definition) is 5. The van der Waals surface area contributed by atoms with Crippen molar-refractivity contribution in [2.24, 2.45) is 0 Å². The first-order valence-corrected chi connectivity index (χ1v) is 8.34. The summed E-state index contributed by atoms with van der Waals surface area (Å²) in [5, 5.41) is 15.6. The van der Waals surface area contributed by atoms with E-state index in [-0.39, 0.29) is 5.91 Å². The molecule has 0 spiro atoms. The van der Waals surface area contributed by atoms with Gasteiger partial charge in [0.1, 0.15) is 6.10 Å². The number of nitrogens with one attached hydrogen (secondary N) is 1. The number of benzene rings is 1. The van der Waals surface area contributed by atoms with Crippen molar-refractivity contribution in [2.45, 2.75) is 25.6 Å². The smallest absolute Gasteiger partial charge is 0.256 e. The van der Waals surface area contributed by atoms with Gasteiger partial charge in [0.25, 0.3) is 5.91 Å². The van der Waals surface area contributed by atoms with E-state index in [1.54, 1.807) is 16.9 Å². The Bertz CT molecular complexity index is 737. The zero-order valence-corrected chi connectivity index (χ0v) is 14.0. The van der Waals surface area contributed by atoms with Crippen LogP contribution in [0.25, 0.3) is 0 Å². The first-order valence-electron chi connectivity index (χ1n) is 8.34. The van der Waals surface area contributed by atoms with Gasteiger partial charge >= 0.3 is 0 Å². The molecule has 0 saturated carbocycles. The molecule has 130 valence electrons. The lowest BCUT2D eigenvalue weighted by molar-refractivity contribution is -0.133. The van der Waals surface area contributed by atoms with E-state index in [1.165, 1.54) is 5.56 Å². The van der Waals surface area contributed by atoms with Crippen molar-refractivity contribution in [2.75, 3.05) is 25.0 Å². The maximum absolute atomic E-state index is 12.4. The van der Waals surface area contributed by atoms with Crippen molar-refractivity contribution < 1.29 is 9.53 Å². The highest BCUT2D eigenvalue weighted by Gasteiger charge is 2.27. The predicted octanol–water partition coefficient (Wildman–Crippen LogP) is 1.64. The fourth-order valence-electron chi connectivity index (χ4n) is 2.77. The third kappa shape index (κ3) is 4.89. The summed E-state index contributed by atoms with van der Waals surface area (Å²) in [6.07, 6.45) is 1.62. The summed E-state index contributed by atoms with van der Waals surface area (Å²) in [7, 11) is 0. The molecule has 1 atom stereocenters. The molecule has 7 nitrogen and oxygen atoms in total. The third-order valence-electron chi connectivity index (χ3n) is 4.04. The first-order chi connectivity index (χ1) is 12.2. The Morgan fingerprint density at radius 3 is 3.00 bits per heavy atom. The zero-order valence-electron chi connectivity index (χ0n) is 14.0. The molecule has 1 saturated heterocycles. The Hall–Kier alpha value is -2.69. The maximum Gasteiger partial charge on any atom is 0.256 e. The summed E-state index contributed by atoms with van der Waals surface area (Å²) < 4.78 is 7.26. The summed E-state index contributed by atoms with van der Waals surface area (Å²) >= 11 is 0. The second-order valence-corrected chi connectivity index (χ2v) is 5.94. The van der Waals surface area contributed by atoms with Crippen molar-refractivity contribution in [3.8, 4) is 6.07 Å². The summed E-state index contributed by atoms with van der Waals surface area (Å²) in [6.45, 7) is 3.20. The number of aryl methyl sites for hydroxylation is 1. The highest BCUT2D eigenvalue weighted by Crippen LogP contribution is 2.12. The Morgan fingerprint density at radius 1 is 1.36 bits per heavy atom. The molecular formula is C18H21N5O2. The van der Waals surface area contributed by atoms with Gasteiger partial charge in [0.2, 0.25) is 0 Å². The molecule has 1 aliphatic rings. The average Bonchev–Trinajstić information content (AvgIpc) is 3.08. The van der Waals surface area contributed by atoms with Gasteiger partial charge < -0.3 is 10.1 Å². The number of carbonyl (C=O) groups excluding carboxylic acids is 1. The number of carbonyl (C=O) groups is 1. The molecule has 0 radical (unpaired) electrons. The molecular weight excluding hydrogens is 318 g/mol. The van der Waals surface area contributed by atoms with Gasteiger partial charge in [-0.15, -0.1) is 0 Å². The Kier molecular flexibility index (Phi) is 5.77. The van der Waals surface area contributed by atoms with Gasteiger partial charge in [0, 0.05) is 31.9 Å². The van der Waals surface area contributed by atoms with Gasteiger partial charge in [0.15, 0.2) is 5.82 Å². The molecule has 1 aromatic heterocycles. The largest absolute Gasteiger partial charge is 0.366 e. The highest BCUT2D eigenvalue weighted by molar-refractivity contribution is 5.93. The van der Waals surface area contributed by atoms with Crippen LogP contribution in [0.4, 0.5) is 5.82 Å². The number of ether oxygens (including phenoxy) is 1. The lowest BCUT2D eigenvalue weighted by atomic mass is 10.2. The molecule has 0 bridgehead atoms. The zero-order chi connectivity index (χ0) is 17.5. The number of hydrogen-bond donors (Lipinski definition) is 1. The number of aromatic nitrogens is 2. The van der Waals surface area contributed by atoms with E-state index in [1.807, 2.05) is 18.2 Å². The van der Waals surface area contributed by atoms with Crippen molar-refractivity contribution in [1.29, 1.82) is 5.26 Å². The number of morpholine rings is 1. The Labute approximate surface area is 146 Å². The highest BCUT2D eigenvalue weighted by atomic mass is 16.5. The Balaban J connectivity index is 1.53. The molecule has 1 aromatic carbocycles. The van der Waals surface area contributed by atoms with E-state index < -0.39 is 6.10 Å². The minimum atomic E-state index is -0.512. The van der Waals surface area contributed by atoms with Crippen molar-refractivity contribution in [3.63, 3.8) is 0 Å². The van der Waals surface area contributed by atoms with Crippen LogP contribution < -0.4 is 5.32 Å². The summed E-state index contributed by atoms with van der Waals surface area (Å²) in [6, 6.07) is 14.0. The van der Waals surface area contributed by atoms with Crippen LogP contribution in [-0.4, -0.2) is 46.4 Å². The van der Waals surface area contributed by atoms with Gasteiger partial charge in [0.05, 0.1) is 25.6 Å². The Morgan fingerprint density at radius 2 is 2.20 bits per heavy atom. The number of amides is 1. The molecule has 2 aromatic rings. The van der Waals surface area contributed by atoms with E-state index in [0.717, 1.165) is 13.1 Å². The van der Waals surface area contributed by atoms with Crippen LogP contribution in [0.3, 0.4) is 0 Å². The topological polar surface area (TPSA) is 83.2 Å². The average molecular weight is 339 g/mol. The van der Waals surface area contributed by atoms with Crippen LogP contribution in [0.1, 0.15) is 12.0 Å². The summed E-state index contributed by atoms with van der Waals surface area (Å²) in [5.41, 5.74) is 1.22. The molecule has 1 unspecified atom stereocenters. The van der Waals surface area contributed by atoms with E-state index in [0.29, 0.717) is 31.9 Å². The fourth-order valence-corrected chi connectivity index (χ4v) is 2.77. The van der Waals surface area contributed by atoms with Crippen LogP contribution >= 0.6 is 0 Å². The van der Waals surface area contributed by atoms with Gasteiger partial charge in [-0.2, -0.15) is 10.4 Å². The molecule has 1 fully saturated rings. The lowest BCUT2D eigenvalue weighted by Crippen LogP contribution is -2.47. The molecule has 1 amide bonds. The number of rotatable bonds is 6. The van der Waals surface area contributed by atoms with Gasteiger partial charge in [-0.3, -0.25) is 14.4 Å². The normalized spacial score (nSPS) is 17.8. The monoisotopic (exact) mass is 339 g/mol. The van der Waals surface area contributed by atoms with Crippen molar-refractivity contribution in [1.82, 2.24) is 14.7 Å². The molecule has 3 rings (SSSR count). The SMILES string of the molecule is N#CCCn1ccc(NC(=O)C2CN(Cc3ccccc3)CCO2)n1. The minimum absolute atomic E-state index is 0.191. The molecule has 7 heteroatoms. The van der Waals surface area contributed by atoms with E-state index in [9.17, 15) is 4.79 Å². The quantitative estimate of drug-likeness (QED) is 0.865.